The van der Waals surface area contributed by atoms with Gasteiger partial charge in [0.15, 0.2) is 0 Å². The lowest BCUT2D eigenvalue weighted by Gasteiger charge is -2.09. The van der Waals surface area contributed by atoms with Crippen molar-refractivity contribution in [2.45, 2.75) is 25.1 Å². The summed E-state index contributed by atoms with van der Waals surface area (Å²) in [6.07, 6.45) is -5.83. The zero-order valence-electron chi connectivity index (χ0n) is 5.60. The van der Waals surface area contributed by atoms with Crippen LogP contribution in [-0.4, -0.2) is 29.4 Å². The van der Waals surface area contributed by atoms with E-state index >= 15 is 0 Å². The van der Waals surface area contributed by atoms with Crippen molar-refractivity contribution in [1.29, 1.82) is 0 Å². The van der Waals surface area contributed by atoms with Crippen LogP contribution in [0.5, 0.6) is 0 Å². The van der Waals surface area contributed by atoms with Gasteiger partial charge in [-0.25, -0.2) is 0 Å². The van der Waals surface area contributed by atoms with Crippen molar-refractivity contribution in [3.05, 3.63) is 0 Å². The average Bonchev–Trinajstić information content (AvgIpc) is 1.55. The Hall–Kier alpha value is -0.113. The van der Waals surface area contributed by atoms with E-state index in [0.717, 1.165) is 0 Å². The number of rotatable bonds is 3. The summed E-state index contributed by atoms with van der Waals surface area (Å²) in [6.45, 7) is 0. The number of halogens is 3. The molecule has 0 saturated carbocycles. The van der Waals surface area contributed by atoms with Gasteiger partial charge >= 0.3 is 15.0 Å². The maximum absolute atomic E-state index is 11.4. The summed E-state index contributed by atoms with van der Waals surface area (Å²) in [5.41, 5.74) is 0. The lowest BCUT2D eigenvalue weighted by molar-refractivity contribution is -0.134. The molecule has 0 unspecified atom stereocenters. The van der Waals surface area contributed by atoms with E-state index in [1.807, 2.05) is 0 Å². The van der Waals surface area contributed by atoms with E-state index in [9.17, 15) is 13.2 Å². The van der Waals surface area contributed by atoms with Gasteiger partial charge in [-0.3, -0.25) is 0 Å². The summed E-state index contributed by atoms with van der Waals surface area (Å²) in [7, 11) is -4.26. The lowest BCUT2D eigenvalue weighted by Crippen LogP contribution is -2.34. The van der Waals surface area contributed by atoms with Crippen LogP contribution in [-0.2, 0) is 0 Å². The molecular formula is C4H9F3O3Si. The van der Waals surface area contributed by atoms with Crippen molar-refractivity contribution >= 4 is 8.80 Å². The van der Waals surface area contributed by atoms with Crippen LogP contribution in [0.2, 0.25) is 6.04 Å². The van der Waals surface area contributed by atoms with Crippen LogP contribution in [0.25, 0.3) is 0 Å². The van der Waals surface area contributed by atoms with E-state index in [2.05, 4.69) is 0 Å². The largest absolute Gasteiger partial charge is 0.492 e. The van der Waals surface area contributed by atoms with E-state index < -0.39 is 33.9 Å². The van der Waals surface area contributed by atoms with E-state index in [0.29, 0.717) is 0 Å². The van der Waals surface area contributed by atoms with Crippen LogP contribution >= 0.6 is 0 Å². The molecule has 0 fully saturated rings. The summed E-state index contributed by atoms with van der Waals surface area (Å²) < 4.78 is 34.2. The summed E-state index contributed by atoms with van der Waals surface area (Å²) >= 11 is 0. The molecule has 0 aliphatic carbocycles. The molecule has 0 spiro atoms. The first-order valence-corrected chi connectivity index (χ1v) is 4.99. The minimum atomic E-state index is -4.29. The molecule has 7 heteroatoms. The van der Waals surface area contributed by atoms with Gasteiger partial charge in [0.1, 0.15) is 0 Å². The highest BCUT2D eigenvalue weighted by molar-refractivity contribution is 6.56. The monoisotopic (exact) mass is 190 g/mol. The smallest absolute Gasteiger partial charge is 0.390 e. The standard InChI is InChI=1S/C4H9F3O3Si/c5-4(6,7)2-1-3-11(8,9)10/h8-10H,1-3H2. The van der Waals surface area contributed by atoms with Crippen LogP contribution in [0, 0.1) is 0 Å². The molecule has 0 aromatic rings. The van der Waals surface area contributed by atoms with Crippen LogP contribution in [0.3, 0.4) is 0 Å². The predicted octanol–water partition coefficient (Wildman–Crippen LogP) is 0.245. The molecule has 0 atom stereocenters. The fourth-order valence-corrected chi connectivity index (χ4v) is 1.18. The zero-order valence-corrected chi connectivity index (χ0v) is 6.60. The first-order valence-electron chi connectivity index (χ1n) is 2.94. The molecule has 0 aliphatic rings. The molecular weight excluding hydrogens is 181 g/mol. The second kappa shape index (κ2) is 3.52. The van der Waals surface area contributed by atoms with Gasteiger partial charge < -0.3 is 14.4 Å². The van der Waals surface area contributed by atoms with Crippen molar-refractivity contribution in [2.75, 3.05) is 0 Å². The molecule has 0 heterocycles. The van der Waals surface area contributed by atoms with Gasteiger partial charge in [0.05, 0.1) is 0 Å². The molecule has 68 valence electrons. The Balaban J connectivity index is 3.44. The number of alkyl halides is 3. The Bertz CT molecular complexity index is 105. The first kappa shape index (κ1) is 10.9. The third-order valence-electron chi connectivity index (χ3n) is 0.972. The van der Waals surface area contributed by atoms with Gasteiger partial charge in [0.2, 0.25) is 0 Å². The normalized spacial score (nSPS) is 13.6. The zero-order chi connectivity index (χ0) is 9.12. The summed E-state index contributed by atoms with van der Waals surface area (Å²) in [6, 6.07) is -0.563. The van der Waals surface area contributed by atoms with Gasteiger partial charge in [0, 0.05) is 12.5 Å². The fourth-order valence-electron chi connectivity index (χ4n) is 0.526. The van der Waals surface area contributed by atoms with Gasteiger partial charge in [-0.15, -0.1) is 0 Å². The molecule has 0 rings (SSSR count). The van der Waals surface area contributed by atoms with E-state index in [-0.39, 0.29) is 0 Å². The molecule has 0 radical (unpaired) electrons. The lowest BCUT2D eigenvalue weighted by atomic mass is 10.3. The minimum absolute atomic E-state index is 0.445. The third kappa shape index (κ3) is 9.89. The van der Waals surface area contributed by atoms with Crippen molar-refractivity contribution in [1.82, 2.24) is 0 Å². The summed E-state index contributed by atoms with van der Waals surface area (Å²) in [4.78, 5) is 24.9. The molecule has 3 N–H and O–H groups in total. The maximum Gasteiger partial charge on any atom is 0.492 e. The predicted molar refractivity (Wildman–Crippen MR) is 32.5 cm³/mol. The van der Waals surface area contributed by atoms with Crippen LogP contribution in [0.4, 0.5) is 13.2 Å². The number of hydrogen-bond acceptors (Lipinski definition) is 3. The fraction of sp³-hybridized carbons (Fsp3) is 1.00. The van der Waals surface area contributed by atoms with Crippen molar-refractivity contribution in [3.63, 3.8) is 0 Å². The molecule has 0 aromatic carbocycles. The average molecular weight is 190 g/mol. The molecule has 0 bridgehead atoms. The second-order valence-corrected chi connectivity index (χ2v) is 4.29. The Morgan fingerprint density at radius 1 is 1.09 bits per heavy atom. The summed E-state index contributed by atoms with van der Waals surface area (Å²) in [5.74, 6) is 0. The molecule has 3 nitrogen and oxygen atoms in total. The first-order chi connectivity index (χ1) is 4.71. The molecule has 0 aliphatic heterocycles. The molecule has 11 heavy (non-hydrogen) atoms. The Morgan fingerprint density at radius 3 is 1.82 bits per heavy atom. The highest BCUT2D eigenvalue weighted by Gasteiger charge is 2.31. The van der Waals surface area contributed by atoms with E-state index in [1.165, 1.54) is 0 Å². The Kier molecular flexibility index (Phi) is 3.49. The Morgan fingerprint density at radius 2 is 1.55 bits per heavy atom. The van der Waals surface area contributed by atoms with E-state index in [1.54, 1.807) is 0 Å². The third-order valence-corrected chi connectivity index (χ3v) is 2.00. The van der Waals surface area contributed by atoms with Gasteiger partial charge in [-0.1, -0.05) is 0 Å². The van der Waals surface area contributed by atoms with Gasteiger partial charge in [0.25, 0.3) is 0 Å². The minimum Gasteiger partial charge on any atom is -0.390 e. The highest BCUT2D eigenvalue weighted by atomic mass is 28.4. The maximum atomic E-state index is 11.4. The Labute approximate surface area is 62.5 Å². The number of hydrogen-bond donors (Lipinski definition) is 3. The highest BCUT2D eigenvalue weighted by Crippen LogP contribution is 2.23. The SMILES string of the molecule is O[Si](O)(O)CCCC(F)(F)F. The van der Waals surface area contributed by atoms with Gasteiger partial charge in [-0.05, 0) is 6.42 Å². The van der Waals surface area contributed by atoms with Gasteiger partial charge in [-0.2, -0.15) is 13.2 Å². The van der Waals surface area contributed by atoms with Crippen molar-refractivity contribution in [3.8, 4) is 0 Å². The molecule has 0 aromatic heterocycles. The van der Waals surface area contributed by atoms with E-state index in [4.69, 9.17) is 14.4 Å². The van der Waals surface area contributed by atoms with Crippen molar-refractivity contribution in [2.24, 2.45) is 0 Å². The summed E-state index contributed by atoms with van der Waals surface area (Å²) in [5, 5.41) is 0. The van der Waals surface area contributed by atoms with Crippen LogP contribution < -0.4 is 0 Å². The quantitative estimate of drug-likeness (QED) is 0.559. The van der Waals surface area contributed by atoms with Crippen LogP contribution in [0.15, 0.2) is 0 Å². The topological polar surface area (TPSA) is 60.7 Å². The molecule has 0 amide bonds. The second-order valence-electron chi connectivity index (χ2n) is 2.24. The van der Waals surface area contributed by atoms with Crippen LogP contribution in [0.1, 0.15) is 12.8 Å². The van der Waals surface area contributed by atoms with Crippen molar-refractivity contribution < 1.29 is 27.6 Å². The molecule has 0 saturated heterocycles.